The molecular weight excluding hydrogens is 752 g/mol. The summed E-state index contributed by atoms with van der Waals surface area (Å²) in [5, 5.41) is 95.8. The third kappa shape index (κ3) is 11.3. The van der Waals surface area contributed by atoms with Gasteiger partial charge in [-0.2, -0.15) is 0 Å². The normalized spacial score (nSPS) is 42.1. The summed E-state index contributed by atoms with van der Waals surface area (Å²) in [5.41, 5.74) is -1.13. The molecular formula is C36H58O20. The zero-order valence-corrected chi connectivity index (χ0v) is 32.0. The topological polar surface area (TPSA) is 299 Å². The van der Waals surface area contributed by atoms with Gasteiger partial charge in [-0.1, -0.05) is 32.9 Å². The second kappa shape index (κ2) is 20.2. The summed E-state index contributed by atoms with van der Waals surface area (Å²) in [6, 6.07) is 0. The highest BCUT2D eigenvalue weighted by Gasteiger charge is 2.54. The number of hydrogen-bond acceptors (Lipinski definition) is 20. The second-order valence-electron chi connectivity index (χ2n) is 15.1. The van der Waals surface area contributed by atoms with Gasteiger partial charge in [0.2, 0.25) is 6.29 Å². The van der Waals surface area contributed by atoms with E-state index in [9.17, 15) is 55.5 Å². The predicted molar refractivity (Wildman–Crippen MR) is 185 cm³/mol. The molecule has 0 aromatic rings. The molecule has 4 heterocycles. The molecule has 0 aromatic heterocycles. The van der Waals surface area contributed by atoms with E-state index in [1.54, 1.807) is 13.8 Å². The number of hydrogen-bond donors (Lipinski definition) is 9. The lowest BCUT2D eigenvalue weighted by Crippen LogP contribution is -2.65. The molecule has 322 valence electrons. The molecule has 4 aliphatic rings. The minimum atomic E-state index is -1.94. The Labute approximate surface area is 324 Å². The summed E-state index contributed by atoms with van der Waals surface area (Å²) in [6.45, 7) is 9.53. The lowest BCUT2D eigenvalue weighted by atomic mass is 9.97. The van der Waals surface area contributed by atoms with Crippen molar-refractivity contribution >= 4 is 11.9 Å². The molecule has 0 aliphatic carbocycles. The third-order valence-electron chi connectivity index (χ3n) is 10.1. The summed E-state index contributed by atoms with van der Waals surface area (Å²) in [5.74, 6) is -2.83. The van der Waals surface area contributed by atoms with Crippen LogP contribution in [0.3, 0.4) is 0 Å². The van der Waals surface area contributed by atoms with E-state index in [-0.39, 0.29) is 25.0 Å². The highest BCUT2D eigenvalue weighted by atomic mass is 16.8. The Hall–Kier alpha value is -2.22. The first-order chi connectivity index (χ1) is 26.3. The average Bonchev–Trinajstić information content (AvgIpc) is 3.15. The van der Waals surface area contributed by atoms with Crippen molar-refractivity contribution in [3.63, 3.8) is 0 Å². The number of carbonyl (C=O) groups excluding carboxylic acids is 2. The van der Waals surface area contributed by atoms with Gasteiger partial charge in [0.25, 0.3) is 0 Å². The minimum absolute atomic E-state index is 0.0289. The fourth-order valence-corrected chi connectivity index (χ4v) is 6.26. The van der Waals surface area contributed by atoms with E-state index >= 15 is 0 Å². The third-order valence-corrected chi connectivity index (χ3v) is 10.1. The fraction of sp³-hybridized carbons (Fsp3) is 0.833. The molecule has 9 N–H and O–H groups in total. The Bertz CT molecular complexity index is 1330. The van der Waals surface area contributed by atoms with Crippen LogP contribution in [0.5, 0.6) is 0 Å². The Morgan fingerprint density at radius 3 is 2.00 bits per heavy atom. The molecule has 4 aliphatic heterocycles. The second-order valence-corrected chi connectivity index (χ2v) is 15.1. The van der Waals surface area contributed by atoms with Gasteiger partial charge in [-0.15, -0.1) is 6.58 Å². The van der Waals surface area contributed by atoms with Crippen molar-refractivity contribution in [1.29, 1.82) is 0 Å². The number of carbonyl (C=O) groups is 2. The Morgan fingerprint density at radius 1 is 0.786 bits per heavy atom. The number of esters is 2. The molecule has 4 rings (SSSR count). The van der Waals surface area contributed by atoms with Gasteiger partial charge < -0.3 is 88.6 Å². The molecule has 0 bridgehead atoms. The molecule has 4 saturated heterocycles. The molecule has 18 unspecified atom stereocenters. The fourth-order valence-electron chi connectivity index (χ4n) is 6.26. The maximum absolute atomic E-state index is 13.2. The Kier molecular flexibility index (Phi) is 16.7. The maximum Gasteiger partial charge on any atom is 0.333 e. The molecule has 56 heavy (non-hydrogen) atoms. The molecule has 20 nitrogen and oxygen atoms in total. The maximum atomic E-state index is 13.2. The van der Waals surface area contributed by atoms with Gasteiger partial charge >= 0.3 is 11.9 Å². The van der Waals surface area contributed by atoms with Gasteiger partial charge in [0.1, 0.15) is 54.9 Å². The zero-order chi connectivity index (χ0) is 41.6. The first-order valence-corrected chi connectivity index (χ1v) is 18.6. The quantitative estimate of drug-likeness (QED) is 0.0449. The van der Waals surface area contributed by atoms with Gasteiger partial charge in [0.15, 0.2) is 31.1 Å². The molecule has 4 fully saturated rings. The smallest absolute Gasteiger partial charge is 0.333 e. The van der Waals surface area contributed by atoms with Crippen LogP contribution in [0, 0.1) is 11.8 Å². The monoisotopic (exact) mass is 810 g/mol. The van der Waals surface area contributed by atoms with Crippen LogP contribution in [0.2, 0.25) is 0 Å². The summed E-state index contributed by atoms with van der Waals surface area (Å²) in [4.78, 5) is 26.0. The lowest BCUT2D eigenvalue weighted by Gasteiger charge is -2.46. The van der Waals surface area contributed by atoms with Crippen LogP contribution in [-0.4, -0.2) is 188 Å². The largest absolute Gasteiger partial charge is 0.453 e. The number of rotatable bonds is 15. The van der Waals surface area contributed by atoms with Crippen molar-refractivity contribution in [3.8, 4) is 0 Å². The average molecular weight is 811 g/mol. The molecule has 20 heteroatoms. The van der Waals surface area contributed by atoms with E-state index in [2.05, 4.69) is 6.58 Å². The summed E-state index contributed by atoms with van der Waals surface area (Å²) >= 11 is 0. The molecule has 0 spiro atoms. The summed E-state index contributed by atoms with van der Waals surface area (Å²) in [6.07, 6.45) is -22.2. The molecule has 0 saturated carbocycles. The highest BCUT2D eigenvalue weighted by molar-refractivity contribution is 5.87. The number of ether oxygens (including phenoxy) is 9. The van der Waals surface area contributed by atoms with Crippen molar-refractivity contribution in [2.24, 2.45) is 11.8 Å². The van der Waals surface area contributed by atoms with Crippen LogP contribution in [0.4, 0.5) is 0 Å². The van der Waals surface area contributed by atoms with Crippen molar-refractivity contribution in [2.75, 3.05) is 26.4 Å². The van der Waals surface area contributed by atoms with E-state index in [4.69, 9.17) is 42.6 Å². The first kappa shape index (κ1) is 46.5. The van der Waals surface area contributed by atoms with Gasteiger partial charge in [-0.3, -0.25) is 4.79 Å². The van der Waals surface area contributed by atoms with Crippen LogP contribution in [0.1, 0.15) is 47.5 Å². The zero-order valence-electron chi connectivity index (χ0n) is 32.0. The number of aliphatic hydroxyl groups is 9. The van der Waals surface area contributed by atoms with E-state index in [0.29, 0.717) is 0 Å². The number of allylic oxidation sites excluding steroid dienone is 1. The van der Waals surface area contributed by atoms with Crippen LogP contribution in [-0.2, 0) is 52.2 Å². The highest BCUT2D eigenvalue weighted by Crippen LogP contribution is 2.33. The van der Waals surface area contributed by atoms with Crippen molar-refractivity contribution < 1.29 is 98.2 Å². The summed E-state index contributed by atoms with van der Waals surface area (Å²) in [7, 11) is 0. The molecule has 0 aromatic carbocycles. The SMILES string of the molecule is C=CC(C)(O)CC/C=C(\C)C(=O)OC1C(O)C(CO)OC(OC(=O)C(C)C)C1OC1OCC(OC2OCC(O)C(OC3OCC(C)C(O)C3O)C2O)C(O)C1O. The summed E-state index contributed by atoms with van der Waals surface area (Å²) < 4.78 is 50.6. The standard InChI is InChI=1S/C36H58O20/c1-7-36(6,47)10-8-9-16(4)31(46)53-28-23(41)19(11-37)51-35(56-30(45)15(2)3)29(28)55-33-25(43)22(40)20(14-50-33)52-34-26(44)27(18(38)13-49-34)54-32-24(42)21(39)17(5)12-48-32/h7,9,15,17-29,32-35,37-44,47H,1,8,10-14H2,2-6H3/b16-9+. The van der Waals surface area contributed by atoms with Gasteiger partial charge in [0, 0.05) is 11.5 Å². The van der Waals surface area contributed by atoms with Crippen molar-refractivity contribution in [2.45, 2.75) is 151 Å². The number of aliphatic hydroxyl groups excluding tert-OH is 8. The molecule has 0 radical (unpaired) electrons. The van der Waals surface area contributed by atoms with E-state index in [0.717, 1.165) is 0 Å². The van der Waals surface area contributed by atoms with Crippen LogP contribution >= 0.6 is 0 Å². The van der Waals surface area contributed by atoms with Crippen LogP contribution in [0.25, 0.3) is 0 Å². The van der Waals surface area contributed by atoms with E-state index < -0.39 is 148 Å². The molecule has 0 amide bonds. The lowest BCUT2D eigenvalue weighted by molar-refractivity contribution is -0.368. The van der Waals surface area contributed by atoms with Crippen LogP contribution < -0.4 is 0 Å². The van der Waals surface area contributed by atoms with Crippen LogP contribution in [0.15, 0.2) is 24.3 Å². The molecule has 18 atom stereocenters. The van der Waals surface area contributed by atoms with E-state index in [1.165, 1.54) is 32.9 Å². The predicted octanol–water partition coefficient (Wildman–Crippen LogP) is -3.13. The first-order valence-electron chi connectivity index (χ1n) is 18.6. The van der Waals surface area contributed by atoms with Gasteiger partial charge in [-0.05, 0) is 26.7 Å². The van der Waals surface area contributed by atoms with E-state index in [1.807, 2.05) is 0 Å². The van der Waals surface area contributed by atoms with Gasteiger partial charge in [0.05, 0.1) is 44.1 Å². The Balaban J connectivity index is 1.47. The van der Waals surface area contributed by atoms with Crippen molar-refractivity contribution in [1.82, 2.24) is 0 Å². The Morgan fingerprint density at radius 2 is 1.38 bits per heavy atom. The van der Waals surface area contributed by atoms with Crippen molar-refractivity contribution in [3.05, 3.63) is 24.3 Å². The minimum Gasteiger partial charge on any atom is -0.453 e. The van der Waals surface area contributed by atoms with Gasteiger partial charge in [-0.25, -0.2) is 4.79 Å².